The van der Waals surface area contributed by atoms with Crippen LogP contribution >= 0.6 is 27.7 Å². The van der Waals surface area contributed by atoms with E-state index < -0.39 is 5.91 Å². The largest absolute Gasteiger partial charge is 0.493 e. The number of amides is 2. The Morgan fingerprint density at radius 1 is 1.14 bits per heavy atom. The van der Waals surface area contributed by atoms with Crippen molar-refractivity contribution in [1.29, 1.82) is 0 Å². The maximum absolute atomic E-state index is 12.9. The van der Waals surface area contributed by atoms with E-state index in [4.69, 9.17) is 14.2 Å². The SMILES string of the molecule is COc1cc(/C=C2\SC(=O)N(CCOc3ccc(F)cc3)C2=O)cc(Br)c1OC. The molecule has 0 N–H and O–H groups in total. The summed E-state index contributed by atoms with van der Waals surface area (Å²) < 4.78 is 29.6. The average Bonchev–Trinajstić information content (AvgIpc) is 2.96. The lowest BCUT2D eigenvalue weighted by atomic mass is 10.2. The van der Waals surface area contributed by atoms with Gasteiger partial charge in [0.05, 0.1) is 30.1 Å². The molecule has 0 radical (unpaired) electrons. The Labute approximate surface area is 179 Å². The topological polar surface area (TPSA) is 65.1 Å². The van der Waals surface area contributed by atoms with Crippen molar-refractivity contribution in [3.63, 3.8) is 0 Å². The van der Waals surface area contributed by atoms with Crippen molar-refractivity contribution >= 4 is 44.9 Å². The minimum absolute atomic E-state index is 0.0923. The summed E-state index contributed by atoms with van der Waals surface area (Å²) in [6.45, 7) is 0.202. The molecule has 1 saturated heterocycles. The van der Waals surface area contributed by atoms with E-state index in [1.54, 1.807) is 18.2 Å². The third-order valence-electron chi connectivity index (χ3n) is 4.02. The summed E-state index contributed by atoms with van der Waals surface area (Å²) in [6, 6.07) is 9.01. The van der Waals surface area contributed by atoms with Crippen LogP contribution in [0.15, 0.2) is 45.8 Å². The molecule has 0 bridgehead atoms. The van der Waals surface area contributed by atoms with E-state index in [0.717, 1.165) is 16.7 Å². The lowest BCUT2D eigenvalue weighted by Gasteiger charge is -2.13. The zero-order chi connectivity index (χ0) is 21.0. The molecule has 0 saturated carbocycles. The van der Waals surface area contributed by atoms with Gasteiger partial charge in [0.25, 0.3) is 11.1 Å². The Bertz CT molecular complexity index is 964. The molecule has 0 spiro atoms. The first-order valence-corrected chi connectivity index (χ1v) is 10.1. The Kier molecular flexibility index (Phi) is 6.81. The molecule has 0 aromatic heterocycles. The van der Waals surface area contributed by atoms with Crippen LogP contribution in [0, 0.1) is 5.82 Å². The summed E-state index contributed by atoms with van der Waals surface area (Å²) in [7, 11) is 3.05. The number of thioether (sulfide) groups is 1. The second kappa shape index (κ2) is 9.32. The molecule has 3 rings (SSSR count). The number of imide groups is 1. The van der Waals surface area contributed by atoms with Crippen molar-refractivity contribution in [2.45, 2.75) is 0 Å². The van der Waals surface area contributed by atoms with E-state index in [9.17, 15) is 14.0 Å². The number of methoxy groups -OCH3 is 2. The molecule has 2 amide bonds. The molecule has 0 unspecified atom stereocenters. The van der Waals surface area contributed by atoms with Crippen molar-refractivity contribution in [3.05, 3.63) is 57.2 Å². The van der Waals surface area contributed by atoms with Gasteiger partial charge in [-0.2, -0.15) is 0 Å². The van der Waals surface area contributed by atoms with Crippen LogP contribution in [0.3, 0.4) is 0 Å². The number of hydrogen-bond acceptors (Lipinski definition) is 6. The summed E-state index contributed by atoms with van der Waals surface area (Å²) in [5.74, 6) is 0.740. The van der Waals surface area contributed by atoms with Crippen LogP contribution in [0.5, 0.6) is 17.2 Å². The maximum atomic E-state index is 12.9. The first-order valence-electron chi connectivity index (χ1n) is 8.48. The molecular formula is C20H17BrFNO5S. The Hall–Kier alpha value is -2.52. The predicted octanol–water partition coefficient (Wildman–Crippen LogP) is 4.72. The number of halogens is 2. The molecule has 152 valence electrons. The van der Waals surface area contributed by atoms with Gasteiger partial charge in [-0.05, 0) is 75.7 Å². The molecule has 29 heavy (non-hydrogen) atoms. The van der Waals surface area contributed by atoms with Gasteiger partial charge in [-0.25, -0.2) is 4.39 Å². The molecule has 6 nitrogen and oxygen atoms in total. The summed E-state index contributed by atoms with van der Waals surface area (Å²) >= 11 is 4.26. The second-order valence-corrected chi connectivity index (χ2v) is 7.72. The molecule has 0 atom stereocenters. The Morgan fingerprint density at radius 3 is 2.52 bits per heavy atom. The Morgan fingerprint density at radius 2 is 1.86 bits per heavy atom. The van der Waals surface area contributed by atoms with E-state index in [1.807, 2.05) is 0 Å². The lowest BCUT2D eigenvalue weighted by molar-refractivity contribution is -0.123. The van der Waals surface area contributed by atoms with Crippen molar-refractivity contribution < 1.29 is 28.2 Å². The van der Waals surface area contributed by atoms with Gasteiger partial charge in [-0.3, -0.25) is 14.5 Å². The van der Waals surface area contributed by atoms with Crippen LogP contribution in [0.4, 0.5) is 9.18 Å². The van der Waals surface area contributed by atoms with Gasteiger partial charge in [0.15, 0.2) is 11.5 Å². The van der Waals surface area contributed by atoms with E-state index >= 15 is 0 Å². The molecule has 2 aromatic rings. The number of nitrogens with zero attached hydrogens (tertiary/aromatic N) is 1. The van der Waals surface area contributed by atoms with Crippen LogP contribution in [0.1, 0.15) is 5.56 Å². The fourth-order valence-electron chi connectivity index (χ4n) is 2.65. The highest BCUT2D eigenvalue weighted by atomic mass is 79.9. The standard InChI is InChI=1S/C20H17BrFNO5S/c1-26-16-10-12(9-15(21)18(16)27-2)11-17-19(24)23(20(25)29-17)7-8-28-14-5-3-13(22)4-6-14/h3-6,9-11H,7-8H2,1-2H3/b17-11-. The van der Waals surface area contributed by atoms with Gasteiger partial charge in [-0.1, -0.05) is 0 Å². The van der Waals surface area contributed by atoms with Crippen molar-refractivity contribution in [3.8, 4) is 17.2 Å². The van der Waals surface area contributed by atoms with E-state index in [2.05, 4.69) is 15.9 Å². The summed E-state index contributed by atoms with van der Waals surface area (Å²) in [5, 5.41) is -0.372. The van der Waals surface area contributed by atoms with Crippen molar-refractivity contribution in [1.82, 2.24) is 4.90 Å². The molecule has 1 heterocycles. The van der Waals surface area contributed by atoms with Gasteiger partial charge >= 0.3 is 0 Å². The fourth-order valence-corrected chi connectivity index (χ4v) is 4.14. The molecule has 2 aromatic carbocycles. The van der Waals surface area contributed by atoms with Crippen LogP contribution in [0.2, 0.25) is 0 Å². The molecule has 9 heteroatoms. The summed E-state index contributed by atoms with van der Waals surface area (Å²) in [5.41, 5.74) is 0.683. The van der Waals surface area contributed by atoms with E-state index in [0.29, 0.717) is 32.2 Å². The van der Waals surface area contributed by atoms with Gasteiger partial charge in [-0.15, -0.1) is 0 Å². The summed E-state index contributed by atoms with van der Waals surface area (Å²) in [4.78, 5) is 26.3. The summed E-state index contributed by atoms with van der Waals surface area (Å²) in [6.07, 6.45) is 1.62. The van der Waals surface area contributed by atoms with E-state index in [1.165, 1.54) is 38.5 Å². The minimum atomic E-state index is -0.395. The number of carbonyl (C=O) groups excluding carboxylic acids is 2. The lowest BCUT2D eigenvalue weighted by Crippen LogP contribution is -2.32. The third kappa shape index (κ3) is 4.91. The van der Waals surface area contributed by atoms with Crippen molar-refractivity contribution in [2.75, 3.05) is 27.4 Å². The first kappa shape index (κ1) is 21.2. The number of benzene rings is 2. The predicted molar refractivity (Wildman–Crippen MR) is 112 cm³/mol. The maximum Gasteiger partial charge on any atom is 0.293 e. The molecule has 1 aliphatic heterocycles. The van der Waals surface area contributed by atoms with Gasteiger partial charge in [0, 0.05) is 0 Å². The van der Waals surface area contributed by atoms with E-state index in [-0.39, 0.29) is 24.2 Å². The highest BCUT2D eigenvalue weighted by Crippen LogP contribution is 2.38. The zero-order valence-electron chi connectivity index (χ0n) is 15.6. The second-order valence-electron chi connectivity index (χ2n) is 5.87. The number of carbonyl (C=O) groups is 2. The number of hydrogen-bond donors (Lipinski definition) is 0. The smallest absolute Gasteiger partial charge is 0.293 e. The monoisotopic (exact) mass is 481 g/mol. The number of rotatable bonds is 7. The van der Waals surface area contributed by atoms with Gasteiger partial charge in [0.1, 0.15) is 18.2 Å². The zero-order valence-corrected chi connectivity index (χ0v) is 18.0. The molecule has 1 fully saturated rings. The third-order valence-corrected chi connectivity index (χ3v) is 5.52. The van der Waals surface area contributed by atoms with Crippen LogP contribution in [0.25, 0.3) is 6.08 Å². The first-order chi connectivity index (χ1) is 13.9. The fraction of sp³-hybridized carbons (Fsp3) is 0.200. The van der Waals surface area contributed by atoms with Crippen LogP contribution in [-0.2, 0) is 4.79 Å². The highest BCUT2D eigenvalue weighted by Gasteiger charge is 2.34. The molecular weight excluding hydrogens is 465 g/mol. The van der Waals surface area contributed by atoms with Crippen molar-refractivity contribution in [2.24, 2.45) is 0 Å². The van der Waals surface area contributed by atoms with Gasteiger partial charge in [0.2, 0.25) is 0 Å². The average molecular weight is 482 g/mol. The molecule has 0 aliphatic carbocycles. The number of ether oxygens (including phenoxy) is 3. The van der Waals surface area contributed by atoms with Crippen LogP contribution < -0.4 is 14.2 Å². The molecule has 1 aliphatic rings. The Balaban J connectivity index is 1.69. The van der Waals surface area contributed by atoms with Crippen LogP contribution in [-0.4, -0.2) is 43.4 Å². The quantitative estimate of drug-likeness (QED) is 0.533. The normalized spacial score (nSPS) is 15.2. The van der Waals surface area contributed by atoms with Gasteiger partial charge < -0.3 is 14.2 Å². The minimum Gasteiger partial charge on any atom is -0.493 e. The highest BCUT2D eigenvalue weighted by molar-refractivity contribution is 9.10.